The van der Waals surface area contributed by atoms with Crippen molar-refractivity contribution in [3.63, 3.8) is 0 Å². The number of aromatic nitrogens is 2. The molecule has 1 atom stereocenters. The quantitative estimate of drug-likeness (QED) is 0.496. The van der Waals surface area contributed by atoms with E-state index in [0.717, 1.165) is 30.5 Å². The molecule has 29 heavy (non-hydrogen) atoms. The summed E-state index contributed by atoms with van der Waals surface area (Å²) in [4.78, 5) is 4.95. The van der Waals surface area contributed by atoms with Crippen molar-refractivity contribution >= 4 is 21.4 Å². The van der Waals surface area contributed by atoms with Crippen molar-refractivity contribution in [3.05, 3.63) is 65.4 Å². The summed E-state index contributed by atoms with van der Waals surface area (Å²) in [6.07, 6.45) is 6.09. The number of benzene rings is 2. The Labute approximate surface area is 176 Å². The Hall–Kier alpha value is -2.15. The molecule has 1 N–H and O–H groups in total. The fraction of sp³-hybridized carbons (Fsp3) is 0.318. The van der Waals surface area contributed by atoms with E-state index in [0.29, 0.717) is 23.0 Å². The summed E-state index contributed by atoms with van der Waals surface area (Å²) in [5, 5.41) is 11.2. The van der Waals surface area contributed by atoms with E-state index in [1.165, 1.54) is 6.26 Å². The van der Waals surface area contributed by atoms with Gasteiger partial charge < -0.3 is 5.11 Å². The summed E-state index contributed by atoms with van der Waals surface area (Å²) in [5.41, 5.74) is 2.22. The smallest absolute Gasteiger partial charge is 0.175 e. The predicted octanol–water partition coefficient (Wildman–Crippen LogP) is 5.21. The molecule has 5 nitrogen and oxygen atoms in total. The maximum absolute atomic E-state index is 11.8. The summed E-state index contributed by atoms with van der Waals surface area (Å²) in [6, 6.07) is 14.0. The third kappa shape index (κ3) is 5.26. The van der Waals surface area contributed by atoms with Crippen molar-refractivity contribution in [2.24, 2.45) is 0 Å². The van der Waals surface area contributed by atoms with Gasteiger partial charge in [0.25, 0.3) is 0 Å². The van der Waals surface area contributed by atoms with Crippen molar-refractivity contribution < 1.29 is 13.5 Å². The molecule has 0 spiro atoms. The van der Waals surface area contributed by atoms with Gasteiger partial charge in [0, 0.05) is 28.7 Å². The first-order valence-corrected chi connectivity index (χ1v) is 11.9. The number of halogens is 1. The SMILES string of the molecule is CCCCCC(O)c1cn(-c2ccc(S(C)(=O)=O)cc2)c(-c2ccc(Cl)cc2)n1. The first kappa shape index (κ1) is 21.6. The van der Waals surface area contributed by atoms with Crippen molar-refractivity contribution in [1.29, 1.82) is 0 Å². The van der Waals surface area contributed by atoms with E-state index in [1.54, 1.807) is 36.4 Å². The van der Waals surface area contributed by atoms with E-state index < -0.39 is 15.9 Å². The molecular formula is C22H25ClN2O3S. The number of imidazole rings is 1. The van der Waals surface area contributed by atoms with Crippen LogP contribution in [0.4, 0.5) is 0 Å². The topological polar surface area (TPSA) is 72.2 Å². The first-order valence-electron chi connectivity index (χ1n) is 9.63. The number of unbranched alkanes of at least 4 members (excludes halogenated alkanes) is 2. The fourth-order valence-electron chi connectivity index (χ4n) is 3.15. The molecule has 1 aromatic heterocycles. The molecule has 7 heteroatoms. The summed E-state index contributed by atoms with van der Waals surface area (Å²) in [7, 11) is -3.27. The first-order chi connectivity index (χ1) is 13.8. The Bertz CT molecular complexity index is 1060. The molecule has 0 aliphatic rings. The van der Waals surface area contributed by atoms with Gasteiger partial charge in [0.15, 0.2) is 9.84 Å². The molecule has 0 aliphatic carbocycles. The summed E-state index contributed by atoms with van der Waals surface area (Å²) in [5.74, 6) is 0.665. The molecule has 2 aromatic carbocycles. The van der Waals surface area contributed by atoms with E-state index in [1.807, 2.05) is 22.9 Å². The van der Waals surface area contributed by atoms with Crippen LogP contribution >= 0.6 is 11.6 Å². The average molecular weight is 433 g/mol. The molecular weight excluding hydrogens is 408 g/mol. The maximum atomic E-state index is 11.8. The molecule has 0 saturated heterocycles. The second kappa shape index (κ2) is 9.11. The lowest BCUT2D eigenvalue weighted by Gasteiger charge is -2.09. The monoisotopic (exact) mass is 432 g/mol. The summed E-state index contributed by atoms with van der Waals surface area (Å²) in [6.45, 7) is 2.12. The Morgan fingerprint density at radius 1 is 1.07 bits per heavy atom. The van der Waals surface area contributed by atoms with Crippen molar-refractivity contribution in [2.75, 3.05) is 6.26 Å². The number of hydrogen-bond donors (Lipinski definition) is 1. The Balaban J connectivity index is 2.02. The second-order valence-corrected chi connectivity index (χ2v) is 9.60. The second-order valence-electron chi connectivity index (χ2n) is 7.14. The van der Waals surface area contributed by atoms with E-state index in [9.17, 15) is 13.5 Å². The third-order valence-electron chi connectivity index (χ3n) is 4.79. The van der Waals surface area contributed by atoms with Gasteiger partial charge in [0.2, 0.25) is 0 Å². The molecule has 0 bridgehead atoms. The van der Waals surface area contributed by atoms with Crippen LogP contribution in [-0.4, -0.2) is 29.3 Å². The standard InChI is InChI=1S/C22H25ClN2O3S/c1-3-4-5-6-21(26)20-15-25(18-11-13-19(14-12-18)29(2,27)28)22(24-20)16-7-9-17(23)10-8-16/h7-15,21,26H,3-6H2,1-2H3. The number of rotatable bonds is 8. The van der Waals surface area contributed by atoms with E-state index in [-0.39, 0.29) is 4.90 Å². The van der Waals surface area contributed by atoms with Gasteiger partial charge in [-0.3, -0.25) is 4.57 Å². The highest BCUT2D eigenvalue weighted by Crippen LogP contribution is 2.28. The van der Waals surface area contributed by atoms with Crippen LogP contribution in [-0.2, 0) is 9.84 Å². The number of nitrogens with zero attached hydrogens (tertiary/aromatic N) is 2. The normalized spacial score (nSPS) is 12.8. The van der Waals surface area contributed by atoms with Gasteiger partial charge in [0.05, 0.1) is 16.7 Å². The molecule has 1 heterocycles. The zero-order valence-corrected chi connectivity index (χ0v) is 18.1. The van der Waals surface area contributed by atoms with Crippen molar-refractivity contribution in [1.82, 2.24) is 9.55 Å². The molecule has 0 saturated carbocycles. The number of aliphatic hydroxyl groups excluding tert-OH is 1. The van der Waals surface area contributed by atoms with Crippen LogP contribution in [0.25, 0.3) is 17.1 Å². The molecule has 3 aromatic rings. The zero-order valence-electron chi connectivity index (χ0n) is 16.5. The van der Waals surface area contributed by atoms with Gasteiger partial charge in [-0.05, 0) is 55.0 Å². The Kier molecular flexibility index (Phi) is 6.77. The van der Waals surface area contributed by atoms with Gasteiger partial charge in [-0.1, -0.05) is 37.8 Å². The third-order valence-corrected chi connectivity index (χ3v) is 6.17. The number of hydrogen-bond acceptors (Lipinski definition) is 4. The average Bonchev–Trinajstić information content (AvgIpc) is 3.13. The van der Waals surface area contributed by atoms with Crippen molar-refractivity contribution in [2.45, 2.75) is 43.6 Å². The fourth-order valence-corrected chi connectivity index (χ4v) is 3.90. The molecule has 0 radical (unpaired) electrons. The maximum Gasteiger partial charge on any atom is 0.175 e. The lowest BCUT2D eigenvalue weighted by molar-refractivity contribution is 0.159. The van der Waals surface area contributed by atoms with Crippen LogP contribution in [0.3, 0.4) is 0 Å². The minimum Gasteiger partial charge on any atom is -0.387 e. The lowest BCUT2D eigenvalue weighted by atomic mass is 10.1. The van der Waals surface area contributed by atoms with Crippen LogP contribution < -0.4 is 0 Å². The molecule has 154 valence electrons. The largest absolute Gasteiger partial charge is 0.387 e. The highest BCUT2D eigenvalue weighted by atomic mass is 35.5. The predicted molar refractivity (Wildman–Crippen MR) is 116 cm³/mol. The van der Waals surface area contributed by atoms with Crippen LogP contribution in [0.15, 0.2) is 59.6 Å². The minimum atomic E-state index is -3.27. The summed E-state index contributed by atoms with van der Waals surface area (Å²) < 4.78 is 25.4. The van der Waals surface area contributed by atoms with E-state index in [4.69, 9.17) is 11.6 Å². The van der Waals surface area contributed by atoms with Gasteiger partial charge in [0.1, 0.15) is 5.82 Å². The van der Waals surface area contributed by atoms with E-state index >= 15 is 0 Å². The Morgan fingerprint density at radius 3 is 2.31 bits per heavy atom. The van der Waals surface area contributed by atoms with Crippen LogP contribution in [0.5, 0.6) is 0 Å². The highest BCUT2D eigenvalue weighted by molar-refractivity contribution is 7.90. The number of aliphatic hydroxyl groups is 1. The van der Waals surface area contributed by atoms with Crippen LogP contribution in [0, 0.1) is 0 Å². The zero-order chi connectivity index (χ0) is 21.0. The summed E-state index contributed by atoms with van der Waals surface area (Å²) >= 11 is 6.02. The molecule has 0 amide bonds. The molecule has 0 fully saturated rings. The number of sulfone groups is 1. The van der Waals surface area contributed by atoms with Crippen molar-refractivity contribution in [3.8, 4) is 17.1 Å². The minimum absolute atomic E-state index is 0.259. The highest BCUT2D eigenvalue weighted by Gasteiger charge is 2.18. The Morgan fingerprint density at radius 2 is 1.72 bits per heavy atom. The van der Waals surface area contributed by atoms with Gasteiger partial charge in [-0.25, -0.2) is 13.4 Å². The van der Waals surface area contributed by atoms with Gasteiger partial charge in [-0.15, -0.1) is 0 Å². The van der Waals surface area contributed by atoms with Crippen LogP contribution in [0.2, 0.25) is 5.02 Å². The van der Waals surface area contributed by atoms with Crippen LogP contribution in [0.1, 0.15) is 44.4 Å². The van der Waals surface area contributed by atoms with Gasteiger partial charge >= 0.3 is 0 Å². The molecule has 0 aliphatic heterocycles. The van der Waals surface area contributed by atoms with E-state index in [2.05, 4.69) is 11.9 Å². The molecule has 3 rings (SSSR count). The molecule has 1 unspecified atom stereocenters. The van der Waals surface area contributed by atoms with Gasteiger partial charge in [-0.2, -0.15) is 0 Å². The lowest BCUT2D eigenvalue weighted by Crippen LogP contribution is -1.99.